The zero-order chi connectivity index (χ0) is 18.8. The summed E-state index contributed by atoms with van der Waals surface area (Å²) >= 11 is 0. The molecule has 142 valence electrons. The zero-order valence-corrected chi connectivity index (χ0v) is 15.0. The van der Waals surface area contributed by atoms with Crippen LogP contribution in [0.4, 0.5) is 10.3 Å². The van der Waals surface area contributed by atoms with Gasteiger partial charge in [-0.25, -0.2) is 14.4 Å². The van der Waals surface area contributed by atoms with E-state index in [0.717, 1.165) is 30.4 Å². The normalized spacial score (nSPS) is 22.9. The molecule has 1 saturated carbocycles. The van der Waals surface area contributed by atoms with Gasteiger partial charge in [0.25, 0.3) is 0 Å². The second-order valence-corrected chi connectivity index (χ2v) is 7.36. The molecule has 2 unspecified atom stereocenters. The average Bonchev–Trinajstić information content (AvgIpc) is 2.62. The number of hydrogen-bond donors (Lipinski definition) is 2. The van der Waals surface area contributed by atoms with Crippen LogP contribution in [0.15, 0.2) is 30.5 Å². The van der Waals surface area contributed by atoms with Gasteiger partial charge in [0.05, 0.1) is 19.4 Å². The van der Waals surface area contributed by atoms with Crippen molar-refractivity contribution >= 4 is 11.9 Å². The summed E-state index contributed by atoms with van der Waals surface area (Å²) in [6, 6.07) is 7.82. The van der Waals surface area contributed by atoms with Crippen molar-refractivity contribution in [2.24, 2.45) is 11.7 Å². The molecule has 6 nitrogen and oxygen atoms in total. The van der Waals surface area contributed by atoms with Crippen molar-refractivity contribution < 1.29 is 13.9 Å². The van der Waals surface area contributed by atoms with Gasteiger partial charge in [0, 0.05) is 23.4 Å². The molecule has 1 aliphatic heterocycles. The maximum absolute atomic E-state index is 14.4. The Labute approximate surface area is 157 Å². The molecule has 1 saturated heterocycles. The number of aromatic nitrogens is 2. The van der Waals surface area contributed by atoms with Gasteiger partial charge in [-0.05, 0) is 30.9 Å². The second-order valence-electron chi connectivity index (χ2n) is 7.36. The predicted molar refractivity (Wildman–Crippen MR) is 99.5 cm³/mol. The van der Waals surface area contributed by atoms with Crippen LogP contribution in [0.5, 0.6) is 0 Å². The van der Waals surface area contributed by atoms with E-state index in [0.29, 0.717) is 31.5 Å². The maximum atomic E-state index is 14.4. The summed E-state index contributed by atoms with van der Waals surface area (Å²) in [4.78, 5) is 19.9. The summed E-state index contributed by atoms with van der Waals surface area (Å²) in [6.45, 7) is 1.40. The molecule has 0 spiro atoms. The lowest BCUT2D eigenvalue weighted by Gasteiger charge is -2.28. The van der Waals surface area contributed by atoms with E-state index in [-0.39, 0.29) is 23.6 Å². The highest BCUT2D eigenvalue weighted by Crippen LogP contribution is 2.30. The molecule has 0 bridgehead atoms. The van der Waals surface area contributed by atoms with Gasteiger partial charge in [-0.3, -0.25) is 4.79 Å². The highest BCUT2D eigenvalue weighted by Gasteiger charge is 2.26. The third kappa shape index (κ3) is 3.93. The first kappa shape index (κ1) is 17.9. The number of primary amides is 1. The van der Waals surface area contributed by atoms with Crippen LogP contribution in [0.3, 0.4) is 0 Å². The van der Waals surface area contributed by atoms with Crippen molar-refractivity contribution in [2.75, 3.05) is 18.5 Å². The highest BCUT2D eigenvalue weighted by molar-refractivity contribution is 5.76. The van der Waals surface area contributed by atoms with E-state index in [2.05, 4.69) is 15.3 Å². The molecule has 2 heterocycles. The number of anilines is 1. The topological polar surface area (TPSA) is 90.1 Å². The Morgan fingerprint density at radius 3 is 2.89 bits per heavy atom. The lowest BCUT2D eigenvalue weighted by Crippen LogP contribution is -2.34. The third-order valence-corrected chi connectivity index (χ3v) is 5.42. The number of ether oxygens (including phenoxy) is 1. The van der Waals surface area contributed by atoms with Crippen LogP contribution in [-0.4, -0.2) is 35.1 Å². The van der Waals surface area contributed by atoms with Crippen LogP contribution in [0, 0.1) is 11.7 Å². The first-order chi connectivity index (χ1) is 13.1. The molecule has 4 rings (SSSR count). The quantitative estimate of drug-likeness (QED) is 0.845. The molecular weight excluding hydrogens is 347 g/mol. The van der Waals surface area contributed by atoms with Crippen LogP contribution in [0.25, 0.3) is 11.3 Å². The van der Waals surface area contributed by atoms with Crippen molar-refractivity contribution in [3.05, 3.63) is 41.8 Å². The minimum Gasteiger partial charge on any atom is -0.380 e. The van der Waals surface area contributed by atoms with Gasteiger partial charge in [0.2, 0.25) is 11.9 Å². The Bertz CT molecular complexity index is 840. The summed E-state index contributed by atoms with van der Waals surface area (Å²) in [5, 5.41) is 3.25. The van der Waals surface area contributed by atoms with Crippen molar-refractivity contribution in [3.63, 3.8) is 0 Å². The number of nitrogens with two attached hydrogens (primary N) is 1. The standard InChI is InChI=1S/C20H23FN4O2/c21-17-9-23-20(24-16-6-2-5-14(8-16)19(22)26)25-18(17)13-4-1-3-12(7-13)15-10-27-11-15/h1,3-4,7,9,14-16H,2,5-6,8,10-11H2,(H2,22,26)(H,23,24,25). The van der Waals surface area contributed by atoms with Crippen LogP contribution in [-0.2, 0) is 9.53 Å². The fourth-order valence-electron chi connectivity index (χ4n) is 3.77. The maximum Gasteiger partial charge on any atom is 0.223 e. The summed E-state index contributed by atoms with van der Waals surface area (Å²) in [7, 11) is 0. The van der Waals surface area contributed by atoms with Crippen molar-refractivity contribution in [3.8, 4) is 11.3 Å². The lowest BCUT2D eigenvalue weighted by atomic mass is 9.85. The van der Waals surface area contributed by atoms with E-state index < -0.39 is 5.82 Å². The van der Waals surface area contributed by atoms with Gasteiger partial charge >= 0.3 is 0 Å². The minimum atomic E-state index is -0.457. The van der Waals surface area contributed by atoms with Gasteiger partial charge in [0.15, 0.2) is 5.82 Å². The molecule has 1 aromatic heterocycles. The second kappa shape index (κ2) is 7.60. The molecule has 1 amide bonds. The molecule has 1 aliphatic carbocycles. The summed E-state index contributed by atoms with van der Waals surface area (Å²) in [6.07, 6.45) is 4.50. The number of hydrogen-bond acceptors (Lipinski definition) is 5. The summed E-state index contributed by atoms with van der Waals surface area (Å²) < 4.78 is 19.6. The number of carbonyl (C=O) groups is 1. The molecule has 7 heteroatoms. The predicted octanol–water partition coefficient (Wildman–Crippen LogP) is 2.85. The first-order valence-corrected chi connectivity index (χ1v) is 9.36. The van der Waals surface area contributed by atoms with E-state index in [1.807, 2.05) is 24.3 Å². The molecule has 2 fully saturated rings. The van der Waals surface area contributed by atoms with E-state index in [1.54, 1.807) is 0 Å². The van der Waals surface area contributed by atoms with E-state index in [1.165, 1.54) is 6.20 Å². The Morgan fingerprint density at radius 2 is 2.15 bits per heavy atom. The monoisotopic (exact) mass is 370 g/mol. The number of benzene rings is 1. The molecule has 0 radical (unpaired) electrons. The van der Waals surface area contributed by atoms with Gasteiger partial charge in [0.1, 0.15) is 5.69 Å². The van der Waals surface area contributed by atoms with Crippen molar-refractivity contribution in [1.82, 2.24) is 9.97 Å². The van der Waals surface area contributed by atoms with Crippen molar-refractivity contribution in [1.29, 1.82) is 0 Å². The van der Waals surface area contributed by atoms with Gasteiger partial charge in [-0.1, -0.05) is 24.6 Å². The Balaban J connectivity index is 1.54. The van der Waals surface area contributed by atoms with Gasteiger partial charge < -0.3 is 15.8 Å². The molecule has 27 heavy (non-hydrogen) atoms. The van der Waals surface area contributed by atoms with E-state index in [4.69, 9.17) is 10.5 Å². The smallest absolute Gasteiger partial charge is 0.223 e. The minimum absolute atomic E-state index is 0.0630. The van der Waals surface area contributed by atoms with Crippen molar-refractivity contribution in [2.45, 2.75) is 37.6 Å². The third-order valence-electron chi connectivity index (χ3n) is 5.42. The zero-order valence-electron chi connectivity index (χ0n) is 15.0. The van der Waals surface area contributed by atoms with Crippen LogP contribution in [0.2, 0.25) is 0 Å². The largest absolute Gasteiger partial charge is 0.380 e. The number of nitrogens with one attached hydrogen (secondary N) is 1. The number of nitrogens with zero attached hydrogens (tertiary/aromatic N) is 2. The van der Waals surface area contributed by atoms with Gasteiger partial charge in [-0.2, -0.15) is 0 Å². The molecule has 2 aliphatic rings. The summed E-state index contributed by atoms with van der Waals surface area (Å²) in [5.41, 5.74) is 7.57. The highest BCUT2D eigenvalue weighted by atomic mass is 19.1. The Morgan fingerprint density at radius 1 is 1.30 bits per heavy atom. The molecule has 1 aromatic carbocycles. The van der Waals surface area contributed by atoms with Crippen LogP contribution < -0.4 is 11.1 Å². The molecule has 3 N–H and O–H groups in total. The average molecular weight is 370 g/mol. The van der Waals surface area contributed by atoms with Gasteiger partial charge in [-0.15, -0.1) is 0 Å². The molecular formula is C20H23FN4O2. The Hall–Kier alpha value is -2.54. The van der Waals surface area contributed by atoms with Crippen LogP contribution >= 0.6 is 0 Å². The number of rotatable bonds is 5. The SMILES string of the molecule is NC(=O)C1CCCC(Nc2ncc(F)c(-c3cccc(C4COC4)c3)n2)C1. The number of amides is 1. The number of carbonyl (C=O) groups excluding carboxylic acids is 1. The lowest BCUT2D eigenvalue weighted by molar-refractivity contribution is -0.122. The van der Waals surface area contributed by atoms with E-state index in [9.17, 15) is 9.18 Å². The fourth-order valence-corrected chi connectivity index (χ4v) is 3.77. The van der Waals surface area contributed by atoms with Crippen LogP contribution in [0.1, 0.15) is 37.2 Å². The first-order valence-electron chi connectivity index (χ1n) is 9.36. The van der Waals surface area contributed by atoms with E-state index >= 15 is 0 Å². The fraction of sp³-hybridized carbons (Fsp3) is 0.450. The molecule has 2 atom stereocenters. The molecule has 2 aromatic rings. The Kier molecular flexibility index (Phi) is 5.03. The summed E-state index contributed by atoms with van der Waals surface area (Å²) in [5.74, 6) is -0.114. The number of halogens is 1.